The molecule has 31 heavy (non-hydrogen) atoms. The smallest absolute Gasteiger partial charge is 0.331 e. The lowest BCUT2D eigenvalue weighted by atomic mass is 9.86. The van der Waals surface area contributed by atoms with Crippen LogP contribution in [0.3, 0.4) is 0 Å². The second-order valence-corrected chi connectivity index (χ2v) is 8.52. The molecule has 2 N–H and O–H groups in total. The van der Waals surface area contributed by atoms with Gasteiger partial charge in [-0.05, 0) is 57.9 Å². The zero-order valence-electron chi connectivity index (χ0n) is 19.4. The van der Waals surface area contributed by atoms with E-state index in [4.69, 9.17) is 14.6 Å². The van der Waals surface area contributed by atoms with Crippen LogP contribution in [0.1, 0.15) is 53.9 Å². The largest absolute Gasteiger partial charge is 0.455 e. The number of hydrogen-bond donors (Lipinski definition) is 2. The molecule has 0 bridgehead atoms. The van der Waals surface area contributed by atoms with Crippen molar-refractivity contribution < 1.29 is 29.3 Å². The van der Waals surface area contributed by atoms with E-state index in [9.17, 15) is 14.7 Å². The topological polar surface area (TPSA) is 93.1 Å². The SMILES string of the molecule is C/C=C(\C)C[C@H](C)C[C@H](C)[C@H]1OC(=O)C=C[C@@H]1OC(=O)/C=C/C(C)=C/[C@@H](CO)CCO. The van der Waals surface area contributed by atoms with Crippen LogP contribution in [0.25, 0.3) is 0 Å². The predicted octanol–water partition coefficient (Wildman–Crippen LogP) is 3.89. The van der Waals surface area contributed by atoms with Gasteiger partial charge in [-0.25, -0.2) is 9.59 Å². The fourth-order valence-electron chi connectivity index (χ4n) is 3.78. The normalized spacial score (nSPS) is 22.9. The zero-order valence-corrected chi connectivity index (χ0v) is 19.4. The fraction of sp³-hybridized carbons (Fsp3) is 0.600. The molecule has 0 radical (unpaired) electrons. The van der Waals surface area contributed by atoms with Crippen LogP contribution in [0.5, 0.6) is 0 Å². The van der Waals surface area contributed by atoms with Crippen LogP contribution in [0.15, 0.2) is 47.6 Å². The van der Waals surface area contributed by atoms with Crippen LogP contribution in [0, 0.1) is 17.8 Å². The summed E-state index contributed by atoms with van der Waals surface area (Å²) in [5.74, 6) is -0.670. The summed E-state index contributed by atoms with van der Waals surface area (Å²) in [5.41, 5.74) is 2.10. The Hall–Kier alpha value is -2.18. The Morgan fingerprint density at radius 3 is 2.58 bits per heavy atom. The summed E-state index contributed by atoms with van der Waals surface area (Å²) >= 11 is 0. The molecule has 0 fully saturated rings. The van der Waals surface area contributed by atoms with Crippen LogP contribution < -0.4 is 0 Å². The average molecular weight is 435 g/mol. The van der Waals surface area contributed by atoms with E-state index in [1.165, 1.54) is 17.7 Å². The Labute approximate surface area is 186 Å². The molecule has 0 aromatic heterocycles. The van der Waals surface area contributed by atoms with Crippen molar-refractivity contribution in [1.82, 2.24) is 0 Å². The molecule has 0 spiro atoms. The molecule has 1 aliphatic heterocycles. The Morgan fingerprint density at radius 2 is 1.97 bits per heavy atom. The van der Waals surface area contributed by atoms with Gasteiger partial charge in [-0.2, -0.15) is 0 Å². The van der Waals surface area contributed by atoms with Gasteiger partial charge in [0, 0.05) is 31.3 Å². The first-order valence-corrected chi connectivity index (χ1v) is 11.0. The molecule has 0 aromatic carbocycles. The van der Waals surface area contributed by atoms with Crippen molar-refractivity contribution in [1.29, 1.82) is 0 Å². The maximum absolute atomic E-state index is 12.3. The number of ether oxygens (including phenoxy) is 2. The predicted molar refractivity (Wildman–Crippen MR) is 121 cm³/mol. The molecule has 174 valence electrons. The van der Waals surface area contributed by atoms with E-state index in [1.807, 2.05) is 20.8 Å². The van der Waals surface area contributed by atoms with Gasteiger partial charge in [0.05, 0.1) is 0 Å². The third kappa shape index (κ3) is 10.1. The molecule has 0 saturated heterocycles. The standard InChI is InChI=1S/C25H38O6/c1-6-17(2)13-19(4)14-20(5)25-22(8-10-24(29)31-25)30-23(28)9-7-18(3)15-21(16-27)11-12-26/h6-10,15,19-22,25-27H,11-14,16H2,1-5H3/b9-7+,17-6+,18-15+/t19-,20-,21-,22-,25+/m0/s1. The van der Waals surface area contributed by atoms with E-state index in [0.29, 0.717) is 12.3 Å². The lowest BCUT2D eigenvalue weighted by Gasteiger charge is -2.32. The van der Waals surface area contributed by atoms with Crippen LogP contribution in [0.4, 0.5) is 0 Å². The van der Waals surface area contributed by atoms with Gasteiger partial charge in [0.2, 0.25) is 0 Å². The highest BCUT2D eigenvalue weighted by molar-refractivity contribution is 5.85. The molecule has 6 nitrogen and oxygen atoms in total. The van der Waals surface area contributed by atoms with E-state index in [0.717, 1.165) is 18.4 Å². The minimum Gasteiger partial charge on any atom is -0.455 e. The van der Waals surface area contributed by atoms with Crippen molar-refractivity contribution in [3.63, 3.8) is 0 Å². The van der Waals surface area contributed by atoms with E-state index < -0.39 is 24.1 Å². The van der Waals surface area contributed by atoms with Gasteiger partial charge in [-0.3, -0.25) is 0 Å². The molecule has 0 unspecified atom stereocenters. The second-order valence-electron chi connectivity index (χ2n) is 8.52. The van der Waals surface area contributed by atoms with Gasteiger partial charge in [0.1, 0.15) is 6.10 Å². The first-order valence-electron chi connectivity index (χ1n) is 11.0. The molecule has 6 heteroatoms. The number of aliphatic hydroxyl groups is 2. The van der Waals surface area contributed by atoms with Gasteiger partial charge >= 0.3 is 11.9 Å². The monoisotopic (exact) mass is 434 g/mol. The lowest BCUT2D eigenvalue weighted by Crippen LogP contribution is -2.41. The Balaban J connectivity index is 2.76. The average Bonchev–Trinajstić information content (AvgIpc) is 2.72. The maximum Gasteiger partial charge on any atom is 0.331 e. The number of carbonyl (C=O) groups excluding carboxylic acids is 2. The molecule has 1 aliphatic rings. The number of rotatable bonds is 12. The number of aliphatic hydroxyl groups excluding tert-OH is 2. The van der Waals surface area contributed by atoms with Crippen LogP contribution in [-0.2, 0) is 19.1 Å². The van der Waals surface area contributed by atoms with Crippen molar-refractivity contribution in [3.05, 3.63) is 47.6 Å². The highest BCUT2D eigenvalue weighted by Gasteiger charge is 2.34. The Bertz CT molecular complexity index is 703. The number of carbonyl (C=O) groups is 2. The Kier molecular flexibility index (Phi) is 12.1. The van der Waals surface area contributed by atoms with Crippen LogP contribution in [0.2, 0.25) is 0 Å². The van der Waals surface area contributed by atoms with Crippen molar-refractivity contribution in [2.45, 2.75) is 66.1 Å². The second kappa shape index (κ2) is 14.0. The molecular formula is C25H38O6. The molecule has 0 aromatic rings. The van der Waals surface area contributed by atoms with E-state index in [-0.39, 0.29) is 25.0 Å². The number of cyclic esters (lactones) is 1. The third-order valence-electron chi connectivity index (χ3n) is 5.46. The van der Waals surface area contributed by atoms with Gasteiger partial charge in [-0.15, -0.1) is 0 Å². The van der Waals surface area contributed by atoms with E-state index in [2.05, 4.69) is 19.9 Å². The molecular weight excluding hydrogens is 396 g/mol. The van der Waals surface area contributed by atoms with Gasteiger partial charge in [-0.1, -0.05) is 43.2 Å². The molecule has 5 atom stereocenters. The quantitative estimate of drug-likeness (QED) is 0.209. The highest BCUT2D eigenvalue weighted by atomic mass is 16.6. The minimum absolute atomic E-state index is 0.0139. The van der Waals surface area contributed by atoms with Crippen LogP contribution >= 0.6 is 0 Å². The molecule has 1 heterocycles. The highest BCUT2D eigenvalue weighted by Crippen LogP contribution is 2.28. The summed E-state index contributed by atoms with van der Waals surface area (Å²) < 4.78 is 11.1. The summed E-state index contributed by atoms with van der Waals surface area (Å²) in [4.78, 5) is 24.1. The van der Waals surface area contributed by atoms with E-state index in [1.54, 1.807) is 18.2 Å². The van der Waals surface area contributed by atoms with E-state index >= 15 is 0 Å². The molecule has 0 aliphatic carbocycles. The van der Waals surface area contributed by atoms with Crippen molar-refractivity contribution in [3.8, 4) is 0 Å². The molecule has 1 rings (SSSR count). The van der Waals surface area contributed by atoms with Crippen LogP contribution in [-0.4, -0.2) is 47.6 Å². The number of esters is 2. The zero-order chi connectivity index (χ0) is 23.4. The van der Waals surface area contributed by atoms with Crippen molar-refractivity contribution in [2.75, 3.05) is 13.2 Å². The number of allylic oxidation sites excluding steroid dienone is 4. The first-order chi connectivity index (χ1) is 14.7. The summed E-state index contributed by atoms with van der Waals surface area (Å²) in [6.45, 7) is 10.0. The van der Waals surface area contributed by atoms with Gasteiger partial charge in [0.15, 0.2) is 6.10 Å². The first kappa shape index (κ1) is 26.9. The summed E-state index contributed by atoms with van der Waals surface area (Å²) in [6, 6.07) is 0. The molecule has 0 amide bonds. The maximum atomic E-state index is 12.3. The minimum atomic E-state index is -0.635. The van der Waals surface area contributed by atoms with Gasteiger partial charge < -0.3 is 19.7 Å². The summed E-state index contributed by atoms with van der Waals surface area (Å²) in [6.07, 6.45) is 10.8. The summed E-state index contributed by atoms with van der Waals surface area (Å²) in [5, 5.41) is 18.3. The van der Waals surface area contributed by atoms with Crippen molar-refractivity contribution in [2.24, 2.45) is 17.8 Å². The number of hydrogen-bond acceptors (Lipinski definition) is 6. The summed E-state index contributed by atoms with van der Waals surface area (Å²) in [7, 11) is 0. The Morgan fingerprint density at radius 1 is 1.26 bits per heavy atom. The third-order valence-corrected chi connectivity index (χ3v) is 5.46. The van der Waals surface area contributed by atoms with Gasteiger partial charge in [0.25, 0.3) is 0 Å². The van der Waals surface area contributed by atoms with Crippen molar-refractivity contribution >= 4 is 11.9 Å². The lowest BCUT2D eigenvalue weighted by molar-refractivity contribution is -0.164. The fourth-order valence-corrected chi connectivity index (χ4v) is 3.78. The molecule has 0 saturated carbocycles.